The van der Waals surface area contributed by atoms with Crippen LogP contribution in [0.15, 0.2) is 24.3 Å². The first-order valence-corrected chi connectivity index (χ1v) is 6.24. The fourth-order valence-corrected chi connectivity index (χ4v) is 2.25. The number of nitrogens with one attached hydrogen (secondary N) is 1. The van der Waals surface area contributed by atoms with Gasteiger partial charge in [-0.25, -0.2) is 0 Å². The maximum absolute atomic E-state index is 12.3. The zero-order valence-corrected chi connectivity index (χ0v) is 11.1. The highest BCUT2D eigenvalue weighted by molar-refractivity contribution is 5.98. The Labute approximate surface area is 112 Å². The molecule has 1 aromatic rings. The molecule has 100 valence electrons. The lowest BCUT2D eigenvalue weighted by Gasteiger charge is -2.36. The highest BCUT2D eigenvalue weighted by Gasteiger charge is 2.32. The standard InChI is InChI=1S/C14H17N3O2/c1-10-9-17(14(18)13(16-10)7-8-15)11-3-5-12(19-2)6-4-11/h3-6,10,13,16H,7,9H2,1-2H3. The summed E-state index contributed by atoms with van der Waals surface area (Å²) in [5.74, 6) is 0.706. The van der Waals surface area contributed by atoms with Crippen LogP contribution in [-0.4, -0.2) is 31.6 Å². The van der Waals surface area contributed by atoms with Gasteiger partial charge in [0, 0.05) is 18.3 Å². The summed E-state index contributed by atoms with van der Waals surface area (Å²) in [4.78, 5) is 14.0. The molecule has 1 saturated heterocycles. The first-order valence-electron chi connectivity index (χ1n) is 6.24. The molecule has 1 fully saturated rings. The number of amides is 1. The van der Waals surface area contributed by atoms with E-state index in [4.69, 9.17) is 10.00 Å². The van der Waals surface area contributed by atoms with Gasteiger partial charge < -0.3 is 15.0 Å². The van der Waals surface area contributed by atoms with Gasteiger partial charge in [0.25, 0.3) is 0 Å². The number of piperazine rings is 1. The smallest absolute Gasteiger partial charge is 0.245 e. The van der Waals surface area contributed by atoms with Gasteiger partial charge in [-0.3, -0.25) is 4.79 Å². The van der Waals surface area contributed by atoms with Crippen molar-refractivity contribution in [2.75, 3.05) is 18.6 Å². The number of ether oxygens (including phenoxy) is 1. The van der Waals surface area contributed by atoms with Gasteiger partial charge in [0.05, 0.1) is 19.6 Å². The van der Waals surface area contributed by atoms with Gasteiger partial charge in [0.15, 0.2) is 0 Å². The van der Waals surface area contributed by atoms with E-state index in [0.717, 1.165) is 11.4 Å². The van der Waals surface area contributed by atoms with Crippen LogP contribution in [0.5, 0.6) is 5.75 Å². The van der Waals surface area contributed by atoms with E-state index in [1.165, 1.54) is 0 Å². The van der Waals surface area contributed by atoms with Crippen LogP contribution in [0.2, 0.25) is 0 Å². The normalized spacial score (nSPS) is 23.0. The Morgan fingerprint density at radius 2 is 2.16 bits per heavy atom. The number of anilines is 1. The second-order valence-corrected chi connectivity index (χ2v) is 4.63. The lowest BCUT2D eigenvalue weighted by molar-refractivity contribution is -0.122. The van der Waals surface area contributed by atoms with E-state index < -0.39 is 6.04 Å². The molecule has 0 spiro atoms. The van der Waals surface area contributed by atoms with Crippen LogP contribution in [0.3, 0.4) is 0 Å². The number of methoxy groups -OCH3 is 1. The quantitative estimate of drug-likeness (QED) is 0.888. The third kappa shape index (κ3) is 2.85. The summed E-state index contributed by atoms with van der Waals surface area (Å²) in [7, 11) is 1.61. The van der Waals surface area contributed by atoms with Gasteiger partial charge in [0.2, 0.25) is 5.91 Å². The number of hydrogen-bond acceptors (Lipinski definition) is 4. The number of hydrogen-bond donors (Lipinski definition) is 1. The molecule has 0 bridgehead atoms. The molecule has 1 aliphatic rings. The summed E-state index contributed by atoms with van der Waals surface area (Å²) >= 11 is 0. The molecular formula is C14H17N3O2. The molecule has 1 aliphatic heterocycles. The highest BCUT2D eigenvalue weighted by Crippen LogP contribution is 2.22. The van der Waals surface area contributed by atoms with Gasteiger partial charge in [-0.15, -0.1) is 0 Å². The average Bonchev–Trinajstić information content (AvgIpc) is 2.43. The van der Waals surface area contributed by atoms with Gasteiger partial charge in [-0.1, -0.05) is 0 Å². The van der Waals surface area contributed by atoms with Crippen molar-refractivity contribution in [1.82, 2.24) is 5.32 Å². The Bertz CT molecular complexity index is 492. The number of carbonyl (C=O) groups is 1. The van der Waals surface area contributed by atoms with Crippen LogP contribution in [0.4, 0.5) is 5.69 Å². The molecule has 0 aromatic heterocycles. The lowest BCUT2D eigenvalue weighted by Crippen LogP contribution is -2.59. The summed E-state index contributed by atoms with van der Waals surface area (Å²) in [6.45, 7) is 2.61. The summed E-state index contributed by atoms with van der Waals surface area (Å²) in [5, 5.41) is 11.9. The van der Waals surface area contributed by atoms with Crippen LogP contribution < -0.4 is 15.0 Å². The molecule has 2 unspecified atom stereocenters. The number of benzene rings is 1. The zero-order valence-electron chi connectivity index (χ0n) is 11.1. The molecule has 19 heavy (non-hydrogen) atoms. The van der Waals surface area contributed by atoms with E-state index in [1.807, 2.05) is 37.3 Å². The van der Waals surface area contributed by atoms with Crippen molar-refractivity contribution < 1.29 is 9.53 Å². The molecule has 0 saturated carbocycles. The van der Waals surface area contributed by atoms with Gasteiger partial charge in [-0.2, -0.15) is 5.26 Å². The predicted molar refractivity (Wildman–Crippen MR) is 72.0 cm³/mol. The van der Waals surface area contributed by atoms with E-state index in [2.05, 4.69) is 5.32 Å². The fourth-order valence-electron chi connectivity index (χ4n) is 2.25. The lowest BCUT2D eigenvalue weighted by atomic mass is 10.1. The van der Waals surface area contributed by atoms with Gasteiger partial charge in [-0.05, 0) is 31.2 Å². The van der Waals surface area contributed by atoms with E-state index in [1.54, 1.807) is 12.0 Å². The summed E-state index contributed by atoms with van der Waals surface area (Å²) in [6, 6.07) is 9.17. The molecule has 5 heteroatoms. The van der Waals surface area contributed by atoms with Crippen LogP contribution in [-0.2, 0) is 4.79 Å². The monoisotopic (exact) mass is 259 g/mol. The molecule has 1 aromatic carbocycles. The van der Waals surface area contributed by atoms with E-state index in [9.17, 15) is 4.79 Å². The third-order valence-electron chi connectivity index (χ3n) is 3.19. The van der Waals surface area contributed by atoms with Crippen molar-refractivity contribution in [1.29, 1.82) is 5.26 Å². The van der Waals surface area contributed by atoms with Gasteiger partial charge in [0.1, 0.15) is 11.8 Å². The van der Waals surface area contributed by atoms with Crippen LogP contribution in [0.1, 0.15) is 13.3 Å². The highest BCUT2D eigenvalue weighted by atomic mass is 16.5. The Hall–Kier alpha value is -2.06. The molecule has 0 radical (unpaired) electrons. The Balaban J connectivity index is 2.21. The Kier molecular flexibility index (Phi) is 4.03. The largest absolute Gasteiger partial charge is 0.497 e. The topological polar surface area (TPSA) is 65.4 Å². The number of carbonyl (C=O) groups excluding carboxylic acids is 1. The SMILES string of the molecule is COc1ccc(N2CC(C)NC(CC#N)C2=O)cc1. The number of rotatable bonds is 3. The van der Waals surface area contributed by atoms with Gasteiger partial charge >= 0.3 is 0 Å². The van der Waals surface area contributed by atoms with Crippen molar-refractivity contribution >= 4 is 11.6 Å². The van der Waals surface area contributed by atoms with Crippen LogP contribution in [0.25, 0.3) is 0 Å². The second kappa shape index (κ2) is 5.72. The minimum Gasteiger partial charge on any atom is -0.497 e. The van der Waals surface area contributed by atoms with E-state index >= 15 is 0 Å². The van der Waals surface area contributed by atoms with Crippen molar-refractivity contribution in [2.24, 2.45) is 0 Å². The Morgan fingerprint density at radius 3 is 2.74 bits per heavy atom. The summed E-state index contributed by atoms with van der Waals surface area (Å²) in [5.41, 5.74) is 0.835. The van der Waals surface area contributed by atoms with Crippen molar-refractivity contribution in [2.45, 2.75) is 25.4 Å². The molecule has 1 N–H and O–H groups in total. The molecule has 2 rings (SSSR count). The van der Waals surface area contributed by atoms with Crippen molar-refractivity contribution in [3.05, 3.63) is 24.3 Å². The summed E-state index contributed by atoms with van der Waals surface area (Å²) in [6.07, 6.45) is 0.190. The van der Waals surface area contributed by atoms with Crippen molar-refractivity contribution in [3.8, 4) is 11.8 Å². The first kappa shape index (κ1) is 13.4. The molecule has 1 amide bonds. The first-order chi connectivity index (χ1) is 9.15. The van der Waals surface area contributed by atoms with E-state index in [0.29, 0.717) is 6.54 Å². The second-order valence-electron chi connectivity index (χ2n) is 4.63. The molecular weight excluding hydrogens is 242 g/mol. The molecule has 2 atom stereocenters. The molecule has 0 aliphatic carbocycles. The minimum atomic E-state index is -0.421. The minimum absolute atomic E-state index is 0.0511. The third-order valence-corrected chi connectivity index (χ3v) is 3.19. The fraction of sp³-hybridized carbons (Fsp3) is 0.429. The van der Waals surface area contributed by atoms with Crippen LogP contribution in [0, 0.1) is 11.3 Å². The van der Waals surface area contributed by atoms with Crippen LogP contribution >= 0.6 is 0 Å². The average molecular weight is 259 g/mol. The number of nitriles is 1. The zero-order chi connectivity index (χ0) is 13.8. The summed E-state index contributed by atoms with van der Waals surface area (Å²) < 4.78 is 5.11. The van der Waals surface area contributed by atoms with Crippen molar-refractivity contribution in [3.63, 3.8) is 0 Å². The van der Waals surface area contributed by atoms with E-state index in [-0.39, 0.29) is 18.4 Å². The maximum Gasteiger partial charge on any atom is 0.245 e. The Morgan fingerprint density at radius 1 is 1.47 bits per heavy atom. The predicted octanol–water partition coefficient (Wildman–Crippen LogP) is 1.30. The number of nitrogens with zero attached hydrogens (tertiary/aromatic N) is 2. The maximum atomic E-state index is 12.3. The molecule has 1 heterocycles. The molecule has 5 nitrogen and oxygen atoms in total.